The van der Waals surface area contributed by atoms with E-state index < -0.39 is 34.2 Å². The van der Waals surface area contributed by atoms with Crippen molar-refractivity contribution >= 4 is 27.3 Å². The lowest BCUT2D eigenvalue weighted by atomic mass is 10.1. The van der Waals surface area contributed by atoms with E-state index in [-0.39, 0.29) is 16.3 Å². The van der Waals surface area contributed by atoms with E-state index in [2.05, 4.69) is 5.32 Å². The minimum absolute atomic E-state index is 0.00399. The Morgan fingerprint density at radius 1 is 1.03 bits per heavy atom. The number of amides is 1. The third kappa shape index (κ3) is 5.94. The van der Waals surface area contributed by atoms with E-state index in [1.807, 2.05) is 13.0 Å². The number of methoxy groups -OCH3 is 1. The first-order valence-corrected chi connectivity index (χ1v) is 12.1. The van der Waals surface area contributed by atoms with E-state index in [4.69, 9.17) is 4.74 Å². The molecule has 3 aromatic rings. The van der Waals surface area contributed by atoms with Gasteiger partial charge in [0.25, 0.3) is 10.0 Å². The van der Waals surface area contributed by atoms with E-state index in [0.717, 1.165) is 17.7 Å². The van der Waals surface area contributed by atoms with E-state index in [9.17, 15) is 26.4 Å². The second kappa shape index (κ2) is 10.4. The third-order valence-corrected chi connectivity index (χ3v) is 7.10. The molecule has 6 nitrogen and oxygen atoms in total. The molecule has 0 aromatic heterocycles. The topological polar surface area (TPSA) is 75.7 Å². The van der Waals surface area contributed by atoms with Crippen molar-refractivity contribution in [2.45, 2.75) is 31.3 Å². The standard InChI is InChI=1S/C25H25F3N2O4S/c1-4-18-8-5-6-11-21(18)29-24(31)16-30(20-10-7-9-19(15-20)25(26,27)28)35(32,33)23-14-17(2)12-13-22(23)34-3/h5-15H,4,16H2,1-3H3,(H,29,31). The van der Waals surface area contributed by atoms with Gasteiger partial charge >= 0.3 is 6.18 Å². The predicted octanol–water partition coefficient (Wildman–Crippen LogP) is 5.42. The van der Waals surface area contributed by atoms with Crippen LogP contribution in [0.25, 0.3) is 0 Å². The fraction of sp³-hybridized carbons (Fsp3) is 0.240. The Bertz CT molecular complexity index is 1320. The van der Waals surface area contributed by atoms with Gasteiger partial charge in [-0.3, -0.25) is 9.10 Å². The molecule has 1 amide bonds. The molecule has 0 unspecified atom stereocenters. The Balaban J connectivity index is 2.09. The van der Waals surface area contributed by atoms with Crippen LogP contribution in [-0.4, -0.2) is 28.0 Å². The molecule has 1 N–H and O–H groups in total. The zero-order valence-electron chi connectivity index (χ0n) is 19.4. The average Bonchev–Trinajstić information content (AvgIpc) is 2.82. The number of alkyl halides is 3. The first-order valence-electron chi connectivity index (χ1n) is 10.7. The van der Waals surface area contributed by atoms with Crippen LogP contribution in [-0.2, 0) is 27.4 Å². The Labute approximate surface area is 202 Å². The number of carbonyl (C=O) groups is 1. The quantitative estimate of drug-likeness (QED) is 0.443. The fourth-order valence-corrected chi connectivity index (χ4v) is 5.18. The predicted molar refractivity (Wildman–Crippen MR) is 128 cm³/mol. The highest BCUT2D eigenvalue weighted by Gasteiger charge is 2.34. The van der Waals surface area contributed by atoms with E-state index >= 15 is 0 Å². The Hall–Kier alpha value is -3.53. The average molecular weight is 507 g/mol. The monoisotopic (exact) mass is 506 g/mol. The van der Waals surface area contributed by atoms with Crippen LogP contribution < -0.4 is 14.4 Å². The van der Waals surface area contributed by atoms with Crippen molar-refractivity contribution in [3.63, 3.8) is 0 Å². The van der Waals surface area contributed by atoms with Crippen molar-refractivity contribution in [1.82, 2.24) is 0 Å². The molecule has 3 aromatic carbocycles. The summed E-state index contributed by atoms with van der Waals surface area (Å²) in [6.45, 7) is 2.81. The van der Waals surface area contributed by atoms with Crippen LogP contribution >= 0.6 is 0 Å². The summed E-state index contributed by atoms with van der Waals surface area (Å²) in [5.41, 5.74) is 0.573. The van der Waals surface area contributed by atoms with Crippen molar-refractivity contribution in [1.29, 1.82) is 0 Å². The lowest BCUT2D eigenvalue weighted by Gasteiger charge is -2.26. The van der Waals surface area contributed by atoms with Gasteiger partial charge in [0.2, 0.25) is 5.91 Å². The van der Waals surface area contributed by atoms with Crippen LogP contribution in [0.1, 0.15) is 23.6 Å². The molecule has 0 bridgehead atoms. The van der Waals surface area contributed by atoms with Gasteiger partial charge in [-0.1, -0.05) is 37.3 Å². The molecular weight excluding hydrogens is 481 g/mol. The largest absolute Gasteiger partial charge is 0.495 e. The summed E-state index contributed by atoms with van der Waals surface area (Å²) in [5, 5.41) is 2.67. The molecule has 0 fully saturated rings. The summed E-state index contributed by atoms with van der Waals surface area (Å²) < 4.78 is 73.5. The number of sulfonamides is 1. The van der Waals surface area contributed by atoms with Gasteiger partial charge in [-0.15, -0.1) is 0 Å². The fourth-order valence-electron chi connectivity index (χ4n) is 3.53. The maximum absolute atomic E-state index is 13.7. The summed E-state index contributed by atoms with van der Waals surface area (Å²) in [4.78, 5) is 12.7. The smallest absolute Gasteiger partial charge is 0.416 e. The molecule has 0 spiro atoms. The molecule has 0 heterocycles. The van der Waals surface area contributed by atoms with Crippen LogP contribution in [0.3, 0.4) is 0 Å². The number of nitrogens with one attached hydrogen (secondary N) is 1. The van der Waals surface area contributed by atoms with Crippen LogP contribution in [0.2, 0.25) is 0 Å². The maximum atomic E-state index is 13.7. The molecular formula is C25H25F3N2O4S. The number of halogens is 3. The van der Waals surface area contributed by atoms with Crippen molar-refractivity contribution in [3.8, 4) is 5.75 Å². The number of hydrogen-bond donors (Lipinski definition) is 1. The number of ether oxygens (including phenoxy) is 1. The highest BCUT2D eigenvalue weighted by atomic mass is 32.2. The summed E-state index contributed by atoms with van der Waals surface area (Å²) >= 11 is 0. The van der Waals surface area contributed by atoms with Gasteiger partial charge in [0.05, 0.1) is 18.4 Å². The molecule has 10 heteroatoms. The Kier molecular flexibility index (Phi) is 7.74. The van der Waals surface area contributed by atoms with Crippen molar-refractivity contribution in [3.05, 3.63) is 83.4 Å². The summed E-state index contributed by atoms with van der Waals surface area (Å²) in [5.74, 6) is -0.706. The zero-order valence-corrected chi connectivity index (χ0v) is 20.2. The molecule has 0 aliphatic heterocycles. The van der Waals surface area contributed by atoms with Crippen LogP contribution in [0, 0.1) is 6.92 Å². The highest BCUT2D eigenvalue weighted by Crippen LogP contribution is 2.35. The van der Waals surface area contributed by atoms with Gasteiger partial charge in [0, 0.05) is 5.69 Å². The van der Waals surface area contributed by atoms with Crippen LogP contribution in [0.5, 0.6) is 5.75 Å². The number of rotatable bonds is 8. The SMILES string of the molecule is CCc1ccccc1NC(=O)CN(c1cccc(C(F)(F)F)c1)S(=O)(=O)c1cc(C)ccc1OC. The molecule has 0 aliphatic rings. The summed E-state index contributed by atoms with van der Waals surface area (Å²) in [7, 11) is -3.22. The second-order valence-electron chi connectivity index (χ2n) is 7.77. The van der Waals surface area contributed by atoms with Crippen molar-refractivity contribution < 1.29 is 31.1 Å². The number of carbonyl (C=O) groups excluding carboxylic acids is 1. The number of nitrogens with zero attached hydrogens (tertiary/aromatic N) is 1. The molecule has 0 radical (unpaired) electrons. The van der Waals surface area contributed by atoms with Gasteiger partial charge in [0.1, 0.15) is 17.2 Å². The maximum Gasteiger partial charge on any atom is 0.416 e. The number of benzene rings is 3. The highest BCUT2D eigenvalue weighted by molar-refractivity contribution is 7.93. The molecule has 0 saturated heterocycles. The number of para-hydroxylation sites is 1. The third-order valence-electron chi connectivity index (χ3n) is 5.31. The molecule has 186 valence electrons. The number of hydrogen-bond acceptors (Lipinski definition) is 4. The van der Waals surface area contributed by atoms with Gasteiger partial charge < -0.3 is 10.1 Å². The number of aryl methyl sites for hydroxylation is 2. The van der Waals surface area contributed by atoms with Crippen molar-refractivity contribution in [2.24, 2.45) is 0 Å². The van der Waals surface area contributed by atoms with Gasteiger partial charge in [-0.05, 0) is 60.9 Å². The second-order valence-corrected chi connectivity index (χ2v) is 9.60. The summed E-state index contributed by atoms with van der Waals surface area (Å²) in [6, 6.07) is 15.3. The molecule has 0 atom stereocenters. The molecule has 0 saturated carbocycles. The van der Waals surface area contributed by atoms with Crippen LogP contribution in [0.15, 0.2) is 71.6 Å². The van der Waals surface area contributed by atoms with Gasteiger partial charge in [0.15, 0.2) is 0 Å². The zero-order chi connectivity index (χ0) is 25.8. The Morgan fingerprint density at radius 2 is 1.74 bits per heavy atom. The van der Waals surface area contributed by atoms with Crippen molar-refractivity contribution in [2.75, 3.05) is 23.3 Å². The normalized spacial score (nSPS) is 11.7. The molecule has 3 rings (SSSR count). The Morgan fingerprint density at radius 3 is 2.40 bits per heavy atom. The first-order chi connectivity index (χ1) is 16.5. The minimum atomic E-state index is -4.70. The molecule has 0 aliphatic carbocycles. The van der Waals surface area contributed by atoms with Crippen LogP contribution in [0.4, 0.5) is 24.5 Å². The number of anilines is 2. The van der Waals surface area contributed by atoms with Gasteiger partial charge in [-0.2, -0.15) is 13.2 Å². The van der Waals surface area contributed by atoms with E-state index in [0.29, 0.717) is 28.0 Å². The lowest BCUT2D eigenvalue weighted by Crippen LogP contribution is -2.38. The minimum Gasteiger partial charge on any atom is -0.495 e. The molecule has 35 heavy (non-hydrogen) atoms. The first kappa shape index (κ1) is 26.1. The van der Waals surface area contributed by atoms with E-state index in [1.54, 1.807) is 31.2 Å². The summed E-state index contributed by atoms with van der Waals surface area (Å²) in [6.07, 6.45) is -4.08. The van der Waals surface area contributed by atoms with Gasteiger partial charge in [-0.25, -0.2) is 8.42 Å². The van der Waals surface area contributed by atoms with E-state index in [1.165, 1.54) is 25.3 Å². The lowest BCUT2D eigenvalue weighted by molar-refractivity contribution is -0.137.